The standard InChI is InChI=1S/C26H28N2O3/c1-4-31-22-15-8-6-11-18(22)24-23(26(30)28-19-12-7-5-10-16(19)2)17(3)27-20-13-9-14-21(29)25(20)24/h5-8,10-12,15,24-25H,4,9,13-14H2,1-3H3,(H,28,30)/t24-,25?/m0/s1. The Labute approximate surface area is 183 Å². The van der Waals surface area contributed by atoms with Gasteiger partial charge in [0.05, 0.1) is 12.5 Å². The van der Waals surface area contributed by atoms with Gasteiger partial charge in [-0.3, -0.25) is 14.6 Å². The fraction of sp³-hybridized carbons (Fsp3) is 0.346. The number of hydrogen-bond acceptors (Lipinski definition) is 4. The SMILES string of the molecule is CCOc1ccccc1[C@H]1C(C(=O)Nc2ccccc2C)=C(C)N=C2CCCC(=O)C21. The number of benzene rings is 2. The minimum absolute atomic E-state index is 0.148. The maximum atomic E-state index is 13.6. The third kappa shape index (κ3) is 4.05. The highest BCUT2D eigenvalue weighted by Gasteiger charge is 2.44. The molecule has 1 N–H and O–H groups in total. The van der Waals surface area contributed by atoms with Crippen molar-refractivity contribution < 1.29 is 14.3 Å². The number of Topliss-reactive ketones (excluding diaryl/α,β-unsaturated/α-hetero) is 1. The minimum atomic E-state index is -0.420. The van der Waals surface area contributed by atoms with E-state index in [1.807, 2.05) is 69.3 Å². The van der Waals surface area contributed by atoms with Crippen molar-refractivity contribution in [1.82, 2.24) is 0 Å². The van der Waals surface area contributed by atoms with E-state index in [1.54, 1.807) is 0 Å². The van der Waals surface area contributed by atoms with E-state index in [-0.39, 0.29) is 11.7 Å². The number of fused-ring (bicyclic) bond motifs is 1. The highest BCUT2D eigenvalue weighted by atomic mass is 16.5. The summed E-state index contributed by atoms with van der Waals surface area (Å²) < 4.78 is 5.90. The maximum absolute atomic E-state index is 13.6. The van der Waals surface area contributed by atoms with Crippen molar-refractivity contribution in [3.63, 3.8) is 0 Å². The number of ether oxygens (including phenoxy) is 1. The van der Waals surface area contributed by atoms with E-state index in [1.165, 1.54) is 0 Å². The number of ketones is 1. The van der Waals surface area contributed by atoms with Gasteiger partial charge in [0.2, 0.25) is 0 Å². The van der Waals surface area contributed by atoms with Gasteiger partial charge in [-0.1, -0.05) is 36.4 Å². The molecule has 0 spiro atoms. The van der Waals surface area contributed by atoms with Gasteiger partial charge in [-0.25, -0.2) is 0 Å². The van der Waals surface area contributed by atoms with Crippen LogP contribution in [0.4, 0.5) is 5.69 Å². The number of aliphatic imine (C=N–C) groups is 1. The molecule has 0 radical (unpaired) electrons. The molecule has 2 aromatic rings. The van der Waals surface area contributed by atoms with Crippen molar-refractivity contribution >= 4 is 23.1 Å². The molecule has 0 saturated heterocycles. The molecule has 1 aliphatic carbocycles. The summed E-state index contributed by atoms with van der Waals surface area (Å²) in [7, 11) is 0. The lowest BCUT2D eigenvalue weighted by molar-refractivity contribution is -0.122. The third-order valence-corrected chi connectivity index (χ3v) is 6.10. The zero-order chi connectivity index (χ0) is 22.0. The summed E-state index contributed by atoms with van der Waals surface area (Å²) in [5, 5.41) is 3.05. The zero-order valence-electron chi connectivity index (χ0n) is 18.3. The Morgan fingerprint density at radius 1 is 1.06 bits per heavy atom. The van der Waals surface area contributed by atoms with E-state index in [4.69, 9.17) is 9.73 Å². The second-order valence-corrected chi connectivity index (χ2v) is 8.12. The first-order valence-electron chi connectivity index (χ1n) is 10.9. The first-order valence-corrected chi connectivity index (χ1v) is 10.9. The first-order chi connectivity index (χ1) is 15.0. The predicted molar refractivity (Wildman–Crippen MR) is 123 cm³/mol. The molecule has 5 heteroatoms. The molecule has 4 rings (SSSR count). The van der Waals surface area contributed by atoms with E-state index in [0.29, 0.717) is 30.0 Å². The van der Waals surface area contributed by atoms with Gasteiger partial charge in [0, 0.05) is 40.6 Å². The van der Waals surface area contributed by atoms with E-state index >= 15 is 0 Å². The highest BCUT2D eigenvalue weighted by Crippen LogP contribution is 2.45. The lowest BCUT2D eigenvalue weighted by Gasteiger charge is -2.36. The average molecular weight is 417 g/mol. The summed E-state index contributed by atoms with van der Waals surface area (Å²) in [6.45, 7) is 6.27. The maximum Gasteiger partial charge on any atom is 0.254 e. The van der Waals surface area contributed by atoms with Crippen LogP contribution in [0.3, 0.4) is 0 Å². The number of para-hydroxylation sites is 2. The van der Waals surface area contributed by atoms with Gasteiger partial charge in [0.25, 0.3) is 5.91 Å². The number of nitrogens with zero attached hydrogens (tertiary/aromatic N) is 1. The summed E-state index contributed by atoms with van der Waals surface area (Å²) in [5.41, 5.74) is 4.70. The molecule has 0 aromatic heterocycles. The van der Waals surface area contributed by atoms with Gasteiger partial charge in [-0.2, -0.15) is 0 Å². The van der Waals surface area contributed by atoms with E-state index in [2.05, 4.69) is 5.32 Å². The molecule has 2 aromatic carbocycles. The number of carbonyl (C=O) groups excluding carboxylic acids is 2. The Balaban J connectivity index is 1.84. The fourth-order valence-electron chi connectivity index (χ4n) is 4.68. The van der Waals surface area contributed by atoms with Crippen LogP contribution in [0.2, 0.25) is 0 Å². The Bertz CT molecular complexity index is 1080. The van der Waals surface area contributed by atoms with Crippen molar-refractivity contribution in [3.05, 3.63) is 70.9 Å². The molecular formula is C26H28N2O3. The zero-order valence-corrected chi connectivity index (χ0v) is 18.3. The van der Waals surface area contributed by atoms with Crippen molar-refractivity contribution in [2.24, 2.45) is 10.9 Å². The third-order valence-electron chi connectivity index (χ3n) is 6.10. The minimum Gasteiger partial charge on any atom is -0.494 e. The summed E-state index contributed by atoms with van der Waals surface area (Å²) in [4.78, 5) is 31.4. The molecule has 1 saturated carbocycles. The first kappa shape index (κ1) is 21.0. The Hall–Kier alpha value is -3.21. The molecule has 31 heavy (non-hydrogen) atoms. The summed E-state index contributed by atoms with van der Waals surface area (Å²) in [5.74, 6) is -0.188. The Morgan fingerprint density at radius 2 is 1.81 bits per heavy atom. The van der Waals surface area contributed by atoms with Crippen molar-refractivity contribution in [1.29, 1.82) is 0 Å². The second-order valence-electron chi connectivity index (χ2n) is 8.12. The Morgan fingerprint density at radius 3 is 2.58 bits per heavy atom. The number of hydrogen-bond donors (Lipinski definition) is 1. The summed E-state index contributed by atoms with van der Waals surface area (Å²) in [6.07, 6.45) is 2.11. The number of amides is 1. The molecule has 2 aliphatic rings. The van der Waals surface area contributed by atoms with Crippen LogP contribution in [-0.4, -0.2) is 24.0 Å². The average Bonchev–Trinajstić information content (AvgIpc) is 2.75. The normalized spacial score (nSPS) is 20.7. The molecule has 1 unspecified atom stereocenters. The second kappa shape index (κ2) is 8.88. The van der Waals surface area contributed by atoms with Crippen LogP contribution < -0.4 is 10.1 Å². The molecule has 1 amide bonds. The van der Waals surface area contributed by atoms with Crippen LogP contribution >= 0.6 is 0 Å². The lowest BCUT2D eigenvalue weighted by atomic mass is 9.69. The van der Waals surface area contributed by atoms with Gasteiger partial charge >= 0.3 is 0 Å². The summed E-state index contributed by atoms with van der Waals surface area (Å²) >= 11 is 0. The van der Waals surface area contributed by atoms with Gasteiger partial charge in [0.15, 0.2) is 0 Å². The van der Waals surface area contributed by atoms with Crippen molar-refractivity contribution in [3.8, 4) is 5.75 Å². The molecule has 1 fully saturated rings. The molecule has 5 nitrogen and oxygen atoms in total. The number of carbonyl (C=O) groups is 2. The van der Waals surface area contributed by atoms with E-state index < -0.39 is 11.8 Å². The van der Waals surface area contributed by atoms with E-state index in [9.17, 15) is 9.59 Å². The smallest absolute Gasteiger partial charge is 0.254 e. The molecule has 1 heterocycles. The number of anilines is 1. The molecule has 1 aliphatic heterocycles. The van der Waals surface area contributed by atoms with Gasteiger partial charge in [-0.15, -0.1) is 0 Å². The molecule has 0 bridgehead atoms. The molecule has 2 atom stereocenters. The largest absolute Gasteiger partial charge is 0.494 e. The summed E-state index contributed by atoms with van der Waals surface area (Å²) in [6, 6.07) is 15.4. The van der Waals surface area contributed by atoms with Gasteiger partial charge in [-0.05, 0) is 51.3 Å². The van der Waals surface area contributed by atoms with Gasteiger partial charge in [0.1, 0.15) is 11.5 Å². The van der Waals surface area contributed by atoms with Crippen molar-refractivity contribution in [2.75, 3.05) is 11.9 Å². The fourth-order valence-corrected chi connectivity index (χ4v) is 4.68. The quantitative estimate of drug-likeness (QED) is 0.727. The van der Waals surface area contributed by atoms with Crippen LogP contribution in [0.5, 0.6) is 5.75 Å². The van der Waals surface area contributed by atoms with Crippen LogP contribution in [-0.2, 0) is 9.59 Å². The predicted octanol–water partition coefficient (Wildman–Crippen LogP) is 5.21. The lowest BCUT2D eigenvalue weighted by Crippen LogP contribution is -2.40. The monoisotopic (exact) mass is 416 g/mol. The number of nitrogens with one attached hydrogen (secondary N) is 1. The van der Waals surface area contributed by atoms with Crippen LogP contribution in [0.1, 0.15) is 50.2 Å². The van der Waals surface area contributed by atoms with E-state index in [0.717, 1.165) is 35.4 Å². The van der Waals surface area contributed by atoms with Gasteiger partial charge < -0.3 is 10.1 Å². The topological polar surface area (TPSA) is 67.8 Å². The number of allylic oxidation sites excluding steroid dienone is 1. The number of aryl methyl sites for hydroxylation is 1. The number of rotatable bonds is 5. The molecule has 160 valence electrons. The Kier molecular flexibility index (Phi) is 6.03. The van der Waals surface area contributed by atoms with Crippen LogP contribution in [0, 0.1) is 12.8 Å². The molecular weight excluding hydrogens is 388 g/mol. The van der Waals surface area contributed by atoms with Crippen LogP contribution in [0.15, 0.2) is 64.8 Å². The van der Waals surface area contributed by atoms with Crippen LogP contribution in [0.25, 0.3) is 0 Å². The highest BCUT2D eigenvalue weighted by molar-refractivity contribution is 6.14. The van der Waals surface area contributed by atoms with Crippen molar-refractivity contribution in [2.45, 2.75) is 46.0 Å².